The topological polar surface area (TPSA) is 79.7 Å². The van der Waals surface area contributed by atoms with E-state index >= 15 is 0 Å². The monoisotopic (exact) mass is 326 g/mol. The van der Waals surface area contributed by atoms with E-state index in [-0.39, 0.29) is 30.2 Å². The van der Waals surface area contributed by atoms with Crippen molar-refractivity contribution in [3.05, 3.63) is 41.1 Å². The van der Waals surface area contributed by atoms with Gasteiger partial charge in [-0.25, -0.2) is 0 Å². The predicted molar refractivity (Wildman–Crippen MR) is 90.5 cm³/mol. The summed E-state index contributed by atoms with van der Waals surface area (Å²) in [5.74, 6) is 0.623. The van der Waals surface area contributed by atoms with Crippen LogP contribution in [0.4, 0.5) is 0 Å². The van der Waals surface area contributed by atoms with Crippen molar-refractivity contribution in [2.24, 2.45) is 11.8 Å². The van der Waals surface area contributed by atoms with Crippen molar-refractivity contribution < 1.29 is 15.3 Å². The van der Waals surface area contributed by atoms with E-state index in [1.807, 2.05) is 13.0 Å². The number of hydrogen-bond donors (Lipinski definition) is 4. The zero-order valence-corrected chi connectivity index (χ0v) is 13.7. The van der Waals surface area contributed by atoms with Crippen molar-refractivity contribution in [1.82, 2.24) is 9.88 Å². The minimum absolute atomic E-state index is 0.135. The standard InChI is InChI=1S/C19H22N2O3/c1-2-10-8-21-17-6-13-12-5-11(23)3-4-16(12)20-18(13)19(21,24)7-14(10)15(17)9-22/h2-5,14-15,17,20,22-24H,6-9H2,1H3/t14-,15+,17-,19+/m0/s1. The molecule has 126 valence electrons. The van der Waals surface area contributed by atoms with Gasteiger partial charge >= 0.3 is 0 Å². The Morgan fingerprint density at radius 3 is 3.00 bits per heavy atom. The lowest BCUT2D eigenvalue weighted by Gasteiger charge is -2.61. The zero-order chi connectivity index (χ0) is 16.6. The molecule has 5 heteroatoms. The average molecular weight is 326 g/mol. The van der Waals surface area contributed by atoms with Crippen LogP contribution in [0.15, 0.2) is 29.8 Å². The van der Waals surface area contributed by atoms with Crippen LogP contribution in [0.5, 0.6) is 5.75 Å². The molecule has 3 fully saturated rings. The second kappa shape index (κ2) is 4.63. The van der Waals surface area contributed by atoms with Crippen LogP contribution in [0, 0.1) is 11.8 Å². The van der Waals surface area contributed by atoms with Gasteiger partial charge in [-0.1, -0.05) is 11.6 Å². The van der Waals surface area contributed by atoms with Gasteiger partial charge in [0.25, 0.3) is 0 Å². The summed E-state index contributed by atoms with van der Waals surface area (Å²) < 4.78 is 0. The number of H-pyrrole nitrogens is 1. The van der Waals surface area contributed by atoms with E-state index in [0.29, 0.717) is 6.42 Å². The van der Waals surface area contributed by atoms with Crippen LogP contribution in [0.1, 0.15) is 24.6 Å². The summed E-state index contributed by atoms with van der Waals surface area (Å²) in [4.78, 5) is 5.57. The van der Waals surface area contributed by atoms with E-state index < -0.39 is 5.72 Å². The summed E-state index contributed by atoms with van der Waals surface area (Å²) >= 11 is 0. The minimum atomic E-state index is -1.00. The van der Waals surface area contributed by atoms with E-state index in [4.69, 9.17) is 0 Å². The van der Waals surface area contributed by atoms with Crippen LogP contribution in [0.2, 0.25) is 0 Å². The third kappa shape index (κ3) is 1.60. The first-order chi connectivity index (χ1) is 11.6. The van der Waals surface area contributed by atoms with Crippen molar-refractivity contribution in [1.29, 1.82) is 0 Å². The summed E-state index contributed by atoms with van der Waals surface area (Å²) in [7, 11) is 0. The van der Waals surface area contributed by atoms with Gasteiger partial charge in [0.05, 0.1) is 5.69 Å². The maximum atomic E-state index is 11.6. The smallest absolute Gasteiger partial charge is 0.160 e. The summed E-state index contributed by atoms with van der Waals surface area (Å²) in [6, 6.07) is 5.44. The molecule has 4 aliphatic heterocycles. The molecule has 5 nitrogen and oxygen atoms in total. The van der Waals surface area contributed by atoms with Crippen LogP contribution >= 0.6 is 0 Å². The molecule has 2 aromatic rings. The number of rotatable bonds is 1. The molecule has 6 rings (SSSR count). The van der Waals surface area contributed by atoms with Crippen LogP contribution < -0.4 is 0 Å². The van der Waals surface area contributed by atoms with Crippen LogP contribution in [0.25, 0.3) is 10.9 Å². The van der Waals surface area contributed by atoms with E-state index in [2.05, 4.69) is 16.0 Å². The molecule has 5 atom stereocenters. The molecule has 0 radical (unpaired) electrons. The van der Waals surface area contributed by atoms with Crippen LogP contribution in [0.3, 0.4) is 0 Å². The number of aliphatic hydroxyl groups excluding tert-OH is 1. The highest BCUT2D eigenvalue weighted by Gasteiger charge is 2.59. The van der Waals surface area contributed by atoms with Gasteiger partial charge in [0.15, 0.2) is 5.72 Å². The fraction of sp³-hybridized carbons (Fsp3) is 0.474. The molecule has 1 aromatic heterocycles. The number of benzene rings is 1. The lowest BCUT2D eigenvalue weighted by atomic mass is 9.63. The second-order valence-corrected chi connectivity index (χ2v) is 7.45. The molecular weight excluding hydrogens is 304 g/mol. The summed E-state index contributed by atoms with van der Waals surface area (Å²) in [5.41, 5.74) is 3.23. The fourth-order valence-corrected chi connectivity index (χ4v) is 5.38. The Morgan fingerprint density at radius 2 is 2.25 bits per heavy atom. The quantitative estimate of drug-likeness (QED) is 0.603. The number of aromatic hydroxyl groups is 1. The van der Waals surface area contributed by atoms with Gasteiger partial charge in [-0.15, -0.1) is 0 Å². The molecule has 0 amide bonds. The SMILES string of the molecule is CC=C1CN2[C@H]3Cc4c([nH]c5ccc(O)cc45)[C@]2(O)C[C@@H]1[C@H]3CO. The number of piperidine rings is 3. The zero-order valence-electron chi connectivity index (χ0n) is 13.7. The summed E-state index contributed by atoms with van der Waals surface area (Å²) in [6.07, 6.45) is 3.54. The lowest BCUT2D eigenvalue weighted by Crippen LogP contribution is -2.69. The number of phenolic OH excluding ortho intramolecular Hbond substituents is 1. The molecule has 0 aliphatic carbocycles. The highest BCUT2D eigenvalue weighted by Crippen LogP contribution is 2.56. The summed E-state index contributed by atoms with van der Waals surface area (Å²) in [5, 5.41) is 32.4. The fourth-order valence-electron chi connectivity index (χ4n) is 5.38. The maximum Gasteiger partial charge on any atom is 0.160 e. The average Bonchev–Trinajstić information content (AvgIpc) is 2.93. The van der Waals surface area contributed by atoms with Crippen molar-refractivity contribution in [2.75, 3.05) is 13.2 Å². The molecule has 24 heavy (non-hydrogen) atoms. The first-order valence-electron chi connectivity index (χ1n) is 8.66. The Hall–Kier alpha value is -1.82. The van der Waals surface area contributed by atoms with E-state index in [0.717, 1.165) is 35.1 Å². The molecule has 4 N–H and O–H groups in total. The van der Waals surface area contributed by atoms with Gasteiger partial charge in [0, 0.05) is 42.4 Å². The third-order valence-electron chi connectivity index (χ3n) is 6.51. The number of aliphatic hydroxyl groups is 2. The van der Waals surface area contributed by atoms with E-state index in [1.165, 1.54) is 5.57 Å². The first kappa shape index (κ1) is 14.5. The van der Waals surface area contributed by atoms with Gasteiger partial charge in [-0.05, 0) is 43.0 Å². The van der Waals surface area contributed by atoms with E-state index in [1.54, 1.807) is 12.1 Å². The van der Waals surface area contributed by atoms with Gasteiger partial charge in [0.2, 0.25) is 0 Å². The van der Waals surface area contributed by atoms with Gasteiger partial charge in [-0.3, -0.25) is 4.90 Å². The highest BCUT2D eigenvalue weighted by atomic mass is 16.3. The normalized spacial score (nSPS) is 38.7. The largest absolute Gasteiger partial charge is 0.508 e. The first-order valence-corrected chi connectivity index (χ1v) is 8.66. The Labute approximate surface area is 140 Å². The predicted octanol–water partition coefficient (Wildman–Crippen LogP) is 1.83. The van der Waals surface area contributed by atoms with Gasteiger partial charge < -0.3 is 20.3 Å². The number of hydrogen-bond acceptors (Lipinski definition) is 4. The molecule has 0 saturated carbocycles. The van der Waals surface area contributed by atoms with Crippen LogP contribution in [-0.2, 0) is 12.1 Å². The van der Waals surface area contributed by atoms with Gasteiger partial charge in [0.1, 0.15) is 5.75 Å². The number of nitrogens with one attached hydrogen (secondary N) is 1. The second-order valence-electron chi connectivity index (χ2n) is 7.45. The molecule has 5 heterocycles. The third-order valence-corrected chi connectivity index (χ3v) is 6.51. The van der Waals surface area contributed by atoms with Crippen molar-refractivity contribution in [3.8, 4) is 5.75 Å². The minimum Gasteiger partial charge on any atom is -0.508 e. The molecule has 4 bridgehead atoms. The van der Waals surface area contributed by atoms with Crippen LogP contribution in [-0.4, -0.2) is 44.4 Å². The van der Waals surface area contributed by atoms with Crippen molar-refractivity contribution in [2.45, 2.75) is 31.5 Å². The Morgan fingerprint density at radius 1 is 1.42 bits per heavy atom. The molecule has 0 spiro atoms. The number of aromatic nitrogens is 1. The number of nitrogens with zero attached hydrogens (tertiary/aromatic N) is 1. The number of allylic oxidation sites excluding steroid dienone is 1. The Balaban J connectivity index is 1.74. The number of aromatic amines is 1. The Bertz CT molecular complexity index is 871. The molecule has 1 aromatic carbocycles. The maximum absolute atomic E-state index is 11.6. The summed E-state index contributed by atoms with van der Waals surface area (Å²) in [6.45, 7) is 2.95. The van der Waals surface area contributed by atoms with Crippen molar-refractivity contribution in [3.63, 3.8) is 0 Å². The van der Waals surface area contributed by atoms with E-state index in [9.17, 15) is 15.3 Å². The van der Waals surface area contributed by atoms with Crippen molar-refractivity contribution >= 4 is 10.9 Å². The molecule has 1 unspecified atom stereocenters. The molecule has 4 aliphatic rings. The Kier molecular flexibility index (Phi) is 2.80. The lowest BCUT2D eigenvalue weighted by molar-refractivity contribution is -0.221. The molecular formula is C19H22N2O3. The number of fused-ring (bicyclic) bond motifs is 4. The number of phenols is 1. The molecule has 3 saturated heterocycles. The highest BCUT2D eigenvalue weighted by molar-refractivity contribution is 5.86. The van der Waals surface area contributed by atoms with Gasteiger partial charge in [-0.2, -0.15) is 0 Å².